The Bertz CT molecular complexity index is 2460. The lowest BCUT2D eigenvalue weighted by Crippen LogP contribution is -2.10. The molecule has 0 aliphatic carbocycles. The summed E-state index contributed by atoms with van der Waals surface area (Å²) in [4.78, 5) is 9.88. The van der Waals surface area contributed by atoms with Gasteiger partial charge < -0.3 is 4.57 Å². The van der Waals surface area contributed by atoms with Crippen molar-refractivity contribution in [1.82, 2.24) is 18.3 Å². The molecule has 54 heavy (non-hydrogen) atoms. The number of unbranched alkanes of at least 4 members (excludes halogenated alkanes) is 10. The Morgan fingerprint density at radius 3 is 1.87 bits per heavy atom. The van der Waals surface area contributed by atoms with Gasteiger partial charge in [-0.05, 0) is 80.3 Å². The summed E-state index contributed by atoms with van der Waals surface area (Å²) in [6.07, 6.45) is 20.4. The molecule has 0 bridgehead atoms. The molecular weight excluding hydrogens is 741 g/mol. The Kier molecular flexibility index (Phi) is 11.8. The monoisotopic (exact) mass is 790 g/mol. The van der Waals surface area contributed by atoms with Gasteiger partial charge in [-0.3, -0.25) is 4.98 Å². The summed E-state index contributed by atoms with van der Waals surface area (Å²) in [5.74, 6) is 0. The second kappa shape index (κ2) is 17.1. The van der Waals surface area contributed by atoms with Gasteiger partial charge in [0.1, 0.15) is 22.4 Å². The van der Waals surface area contributed by atoms with Gasteiger partial charge >= 0.3 is 0 Å². The highest BCUT2D eigenvalue weighted by Gasteiger charge is 2.28. The molecule has 0 unspecified atom stereocenters. The summed E-state index contributed by atoms with van der Waals surface area (Å²) in [5.41, 5.74) is 12.0. The highest BCUT2D eigenvalue weighted by atomic mass is 32.1. The van der Waals surface area contributed by atoms with Crippen molar-refractivity contribution < 1.29 is 0 Å². The molecule has 10 heteroatoms. The van der Waals surface area contributed by atoms with E-state index in [9.17, 15) is 0 Å². The number of thiophene rings is 2. The van der Waals surface area contributed by atoms with E-state index >= 15 is 0 Å². The maximum Gasteiger partial charge on any atom is 0.116 e. The Morgan fingerprint density at radius 1 is 0.611 bits per heavy atom. The van der Waals surface area contributed by atoms with Gasteiger partial charge in [0.2, 0.25) is 0 Å². The summed E-state index contributed by atoms with van der Waals surface area (Å²) in [5, 5.41) is 1.26. The SMILES string of the molecule is CCCCCCCCC(CCCCCCCC)n1c2cc(-c3ccc(-c4c5c(c(-c6ccc(C)s6)c6nsnc46)N=S=N5)s3)ccc2c2ncc(C)cc21. The smallest absolute Gasteiger partial charge is 0.116 e. The minimum absolute atomic E-state index is 0.460. The minimum Gasteiger partial charge on any atom is -0.336 e. The lowest BCUT2D eigenvalue weighted by atomic mass is 9.99. The van der Waals surface area contributed by atoms with Crippen LogP contribution < -0.4 is 0 Å². The van der Waals surface area contributed by atoms with Crippen LogP contribution in [0.2, 0.25) is 0 Å². The highest BCUT2D eigenvalue weighted by molar-refractivity contribution is 7.58. The predicted molar refractivity (Wildman–Crippen MR) is 236 cm³/mol. The van der Waals surface area contributed by atoms with E-state index in [-0.39, 0.29) is 0 Å². The van der Waals surface area contributed by atoms with E-state index in [0.717, 1.165) is 43.9 Å². The zero-order chi connectivity index (χ0) is 37.0. The molecule has 0 saturated carbocycles. The first kappa shape index (κ1) is 37.4. The van der Waals surface area contributed by atoms with E-state index in [0.29, 0.717) is 6.04 Å². The van der Waals surface area contributed by atoms with Gasteiger partial charge in [0.05, 0.1) is 39.6 Å². The standard InChI is InChI=1S/C44H50N6S4/c1-5-7-9-11-13-15-17-31(18-16-14-12-10-8-6-2)50-33-26-30(20-21-32(33)40-34(50)25-28(3)27-45-40)35-23-24-37(52-35)39-43-41(46-53-48-43)38(36-22-19-29(4)51-36)42-44(39)49-54-47-42/h19-27,31H,5-18H2,1-4H3. The third-order valence-corrected chi connectivity index (χ3v) is 14.2. The Labute approximate surface area is 335 Å². The van der Waals surface area contributed by atoms with E-state index in [2.05, 4.69) is 80.8 Å². The number of fused-ring (bicyclic) bond motifs is 5. The molecule has 0 atom stereocenters. The van der Waals surface area contributed by atoms with Crippen LogP contribution in [0.5, 0.6) is 0 Å². The molecule has 5 aromatic heterocycles. The van der Waals surface area contributed by atoms with Crippen LogP contribution in [0.1, 0.15) is 120 Å². The molecule has 6 heterocycles. The maximum absolute atomic E-state index is 5.06. The average Bonchev–Trinajstić information content (AvgIpc) is 4.03. The third-order valence-electron chi connectivity index (χ3n) is 11.0. The molecule has 1 aliphatic rings. The minimum atomic E-state index is 0.460. The summed E-state index contributed by atoms with van der Waals surface area (Å²) < 4.78 is 22.1. The van der Waals surface area contributed by atoms with Gasteiger partial charge in [0.15, 0.2) is 0 Å². The van der Waals surface area contributed by atoms with Crippen molar-refractivity contribution in [3.63, 3.8) is 0 Å². The number of hydrogen-bond donors (Lipinski definition) is 0. The lowest BCUT2D eigenvalue weighted by molar-refractivity contribution is 0.410. The Morgan fingerprint density at radius 2 is 1.22 bits per heavy atom. The highest BCUT2D eigenvalue weighted by Crippen LogP contribution is 2.54. The summed E-state index contributed by atoms with van der Waals surface area (Å²) in [7, 11) is 0. The van der Waals surface area contributed by atoms with E-state index in [1.807, 2.05) is 17.5 Å². The van der Waals surface area contributed by atoms with Crippen LogP contribution in [-0.2, 0) is 11.4 Å². The van der Waals surface area contributed by atoms with Gasteiger partial charge in [-0.2, -0.15) is 17.5 Å². The quantitative estimate of drug-likeness (QED) is 0.0813. The van der Waals surface area contributed by atoms with Gasteiger partial charge in [-0.25, -0.2) is 0 Å². The largest absolute Gasteiger partial charge is 0.336 e. The first-order chi connectivity index (χ1) is 26.6. The number of benzene rings is 2. The van der Waals surface area contributed by atoms with Crippen LogP contribution in [0.15, 0.2) is 63.5 Å². The number of rotatable bonds is 18. The normalized spacial score (nSPS) is 12.6. The van der Waals surface area contributed by atoms with Crippen LogP contribution in [0, 0.1) is 13.8 Å². The van der Waals surface area contributed by atoms with E-state index in [4.69, 9.17) is 22.5 Å². The number of aromatic nitrogens is 4. The average molecular weight is 791 g/mol. The first-order valence-electron chi connectivity index (χ1n) is 20.0. The molecule has 2 aromatic carbocycles. The van der Waals surface area contributed by atoms with Crippen molar-refractivity contribution in [2.75, 3.05) is 0 Å². The molecule has 0 saturated heterocycles. The lowest BCUT2D eigenvalue weighted by Gasteiger charge is -2.22. The zero-order valence-corrected chi connectivity index (χ0v) is 35.3. The van der Waals surface area contributed by atoms with Crippen LogP contribution in [0.4, 0.5) is 11.4 Å². The topological polar surface area (TPSA) is 68.3 Å². The molecule has 1 aliphatic heterocycles. The molecule has 8 rings (SSSR count). The fourth-order valence-corrected chi connectivity index (χ4v) is 11.3. The third kappa shape index (κ3) is 7.51. The summed E-state index contributed by atoms with van der Waals surface area (Å²) in [6, 6.07) is 18.7. The van der Waals surface area contributed by atoms with Gasteiger partial charge in [0, 0.05) is 48.3 Å². The van der Waals surface area contributed by atoms with Gasteiger partial charge in [-0.1, -0.05) is 97.0 Å². The number of aryl methyl sites for hydroxylation is 2. The fourth-order valence-electron chi connectivity index (χ4n) is 8.20. The van der Waals surface area contributed by atoms with Crippen LogP contribution >= 0.6 is 34.4 Å². The van der Waals surface area contributed by atoms with Crippen molar-refractivity contribution in [2.24, 2.45) is 8.73 Å². The number of hydrogen-bond acceptors (Lipinski definition) is 8. The molecule has 0 fully saturated rings. The van der Waals surface area contributed by atoms with Crippen molar-refractivity contribution in [3.8, 4) is 31.3 Å². The van der Waals surface area contributed by atoms with Gasteiger partial charge in [-0.15, -0.1) is 22.7 Å². The Hall–Kier alpha value is -3.57. The molecule has 0 N–H and O–H groups in total. The predicted octanol–water partition coefficient (Wildman–Crippen LogP) is 15.7. The number of nitrogens with zero attached hydrogens (tertiary/aromatic N) is 6. The zero-order valence-electron chi connectivity index (χ0n) is 32.0. The van der Waals surface area contributed by atoms with Crippen LogP contribution in [0.25, 0.3) is 64.3 Å². The summed E-state index contributed by atoms with van der Waals surface area (Å²) in [6.45, 7) is 8.93. The molecule has 0 amide bonds. The van der Waals surface area contributed by atoms with Crippen molar-refractivity contribution in [2.45, 2.75) is 124 Å². The van der Waals surface area contributed by atoms with Crippen molar-refractivity contribution >= 4 is 90.1 Å². The molecule has 6 nitrogen and oxygen atoms in total. The summed E-state index contributed by atoms with van der Waals surface area (Å²) >= 11 is 6.13. The molecule has 0 spiro atoms. The second-order valence-corrected chi connectivity index (χ2v) is 18.4. The first-order valence-corrected chi connectivity index (χ1v) is 23.1. The molecule has 7 aromatic rings. The van der Waals surface area contributed by atoms with E-state index < -0.39 is 0 Å². The van der Waals surface area contributed by atoms with E-state index in [1.165, 1.54) is 155 Å². The Balaban J connectivity index is 1.17. The van der Waals surface area contributed by atoms with Crippen LogP contribution in [-0.4, -0.2) is 18.3 Å². The van der Waals surface area contributed by atoms with Crippen molar-refractivity contribution in [3.05, 3.63) is 65.2 Å². The number of pyridine rings is 1. The fraction of sp³-hybridized carbons (Fsp3) is 0.432. The van der Waals surface area contributed by atoms with E-state index in [1.54, 1.807) is 11.3 Å². The maximum atomic E-state index is 5.06. The molecule has 280 valence electrons. The second-order valence-electron chi connectivity index (χ2n) is 15.0. The van der Waals surface area contributed by atoms with Crippen molar-refractivity contribution in [1.29, 1.82) is 0 Å². The van der Waals surface area contributed by atoms with Crippen LogP contribution in [0.3, 0.4) is 0 Å². The van der Waals surface area contributed by atoms with Gasteiger partial charge in [0.25, 0.3) is 0 Å². The molecular formula is C44H50N6S4. The molecule has 0 radical (unpaired) electrons.